The van der Waals surface area contributed by atoms with Crippen molar-refractivity contribution in [3.63, 3.8) is 0 Å². The zero-order chi connectivity index (χ0) is 24.3. The third-order valence-electron chi connectivity index (χ3n) is 5.96. The van der Waals surface area contributed by atoms with Gasteiger partial charge in [-0.2, -0.15) is 0 Å². The van der Waals surface area contributed by atoms with E-state index in [1.165, 1.54) is 4.90 Å². The van der Waals surface area contributed by atoms with Crippen LogP contribution in [0.1, 0.15) is 61.2 Å². The zero-order valence-electron chi connectivity index (χ0n) is 19.1. The van der Waals surface area contributed by atoms with Crippen LogP contribution in [0.3, 0.4) is 0 Å². The molecular formula is C25H29N3O5. The molecule has 0 aromatic heterocycles. The number of allylic oxidation sites excluding steroid dienone is 2. The molecule has 2 aliphatic heterocycles. The van der Waals surface area contributed by atoms with E-state index < -0.39 is 29.7 Å². The lowest BCUT2D eigenvalue weighted by molar-refractivity contribution is -0.136. The van der Waals surface area contributed by atoms with Crippen molar-refractivity contribution in [2.45, 2.75) is 57.8 Å². The normalized spacial score (nSPS) is 19.2. The minimum Gasteiger partial charge on any atom is -0.442 e. The van der Waals surface area contributed by atoms with Gasteiger partial charge in [0.15, 0.2) is 0 Å². The summed E-state index contributed by atoms with van der Waals surface area (Å²) in [5.74, 6) is -1.05. The zero-order valence-corrected chi connectivity index (χ0v) is 19.1. The van der Waals surface area contributed by atoms with Crippen molar-refractivity contribution in [3.05, 3.63) is 71.8 Å². The van der Waals surface area contributed by atoms with Gasteiger partial charge in [-0.3, -0.25) is 19.7 Å². The molecule has 2 heterocycles. The standard InChI is InChI=1S/C25H29N3O5/c1-6-7-8-15(2)25(4,5)27-24(32)33-16(3)17-9-10-18-14-28(23(31)19(18)13-17)20-11-12-21(29)26-22(20)30/h6-10,13,16,20H,1-2,11-12,14H2,3-5H3,(H,27,32)(H,26,29,30)/b8-7-. The third-order valence-corrected chi connectivity index (χ3v) is 5.96. The minimum atomic E-state index is -0.729. The lowest BCUT2D eigenvalue weighted by Crippen LogP contribution is -2.52. The van der Waals surface area contributed by atoms with Crippen molar-refractivity contribution in [2.75, 3.05) is 0 Å². The van der Waals surface area contributed by atoms with Crippen LogP contribution in [-0.4, -0.2) is 40.3 Å². The fourth-order valence-corrected chi connectivity index (χ4v) is 3.81. The molecule has 33 heavy (non-hydrogen) atoms. The third kappa shape index (κ3) is 5.22. The molecule has 0 radical (unpaired) electrons. The smallest absolute Gasteiger partial charge is 0.408 e. The molecule has 2 aliphatic rings. The van der Waals surface area contributed by atoms with Crippen molar-refractivity contribution in [1.29, 1.82) is 0 Å². The van der Waals surface area contributed by atoms with E-state index in [0.717, 1.165) is 5.56 Å². The predicted molar refractivity (Wildman–Crippen MR) is 123 cm³/mol. The molecule has 1 aromatic rings. The molecule has 1 fully saturated rings. The summed E-state index contributed by atoms with van der Waals surface area (Å²) in [4.78, 5) is 50.6. The van der Waals surface area contributed by atoms with Crippen molar-refractivity contribution < 1.29 is 23.9 Å². The second kappa shape index (κ2) is 9.44. The summed E-state index contributed by atoms with van der Waals surface area (Å²) in [5, 5.41) is 5.08. The van der Waals surface area contributed by atoms with Crippen LogP contribution in [0.5, 0.6) is 0 Å². The Bertz CT molecular complexity index is 1060. The maximum Gasteiger partial charge on any atom is 0.408 e. The summed E-state index contributed by atoms with van der Waals surface area (Å²) in [6, 6.07) is 4.63. The average Bonchev–Trinajstić information content (AvgIpc) is 3.07. The minimum absolute atomic E-state index is 0.202. The van der Waals surface area contributed by atoms with Crippen LogP contribution in [0.15, 0.2) is 55.2 Å². The molecule has 1 aromatic carbocycles. The first kappa shape index (κ1) is 24.0. The number of carbonyl (C=O) groups excluding carboxylic acids is 4. The quantitative estimate of drug-likeness (QED) is 0.489. The van der Waals surface area contributed by atoms with Gasteiger partial charge in [0.05, 0.1) is 5.54 Å². The van der Waals surface area contributed by atoms with Crippen LogP contribution in [0.4, 0.5) is 4.79 Å². The van der Waals surface area contributed by atoms with Gasteiger partial charge in [-0.1, -0.05) is 43.5 Å². The number of nitrogens with one attached hydrogen (secondary N) is 2. The van der Waals surface area contributed by atoms with Crippen LogP contribution in [0, 0.1) is 0 Å². The SMILES string of the molecule is C=C/C=C\C(=C)C(C)(C)NC(=O)OC(C)c1ccc2c(c1)C(=O)N(C1CCC(=O)NC1=O)C2. The van der Waals surface area contributed by atoms with Crippen molar-refractivity contribution in [2.24, 2.45) is 0 Å². The summed E-state index contributed by atoms with van der Waals surface area (Å²) < 4.78 is 5.53. The van der Waals surface area contributed by atoms with Gasteiger partial charge in [0, 0.05) is 18.5 Å². The first-order valence-corrected chi connectivity index (χ1v) is 10.8. The first-order valence-electron chi connectivity index (χ1n) is 10.8. The molecule has 4 amide bonds. The number of rotatable bonds is 7. The molecule has 1 saturated heterocycles. The number of ether oxygens (including phenoxy) is 1. The highest BCUT2D eigenvalue weighted by Gasteiger charge is 2.39. The molecule has 2 atom stereocenters. The van der Waals surface area contributed by atoms with E-state index in [0.29, 0.717) is 29.7 Å². The molecular weight excluding hydrogens is 422 g/mol. The van der Waals surface area contributed by atoms with Crippen molar-refractivity contribution in [1.82, 2.24) is 15.5 Å². The number of nitrogens with zero attached hydrogens (tertiary/aromatic N) is 1. The fourth-order valence-electron chi connectivity index (χ4n) is 3.81. The van der Waals surface area contributed by atoms with Crippen LogP contribution < -0.4 is 10.6 Å². The van der Waals surface area contributed by atoms with Gasteiger partial charge in [0.2, 0.25) is 11.8 Å². The Hall–Kier alpha value is -3.68. The Kier molecular flexibility index (Phi) is 6.86. The van der Waals surface area contributed by atoms with Crippen LogP contribution in [0.25, 0.3) is 0 Å². The number of amides is 4. The molecule has 2 N–H and O–H groups in total. The fraction of sp³-hybridized carbons (Fsp3) is 0.360. The number of benzene rings is 1. The summed E-state index contributed by atoms with van der Waals surface area (Å²) in [6.07, 6.45) is 4.40. The molecule has 0 bridgehead atoms. The second-order valence-corrected chi connectivity index (χ2v) is 8.73. The van der Waals surface area contributed by atoms with E-state index in [1.54, 1.807) is 43.4 Å². The second-order valence-electron chi connectivity index (χ2n) is 8.73. The van der Waals surface area contributed by atoms with Gasteiger partial charge in [-0.05, 0) is 50.0 Å². The first-order chi connectivity index (χ1) is 15.5. The molecule has 2 unspecified atom stereocenters. The Balaban J connectivity index is 1.67. The van der Waals surface area contributed by atoms with Crippen LogP contribution in [-0.2, 0) is 20.9 Å². The summed E-state index contributed by atoms with van der Waals surface area (Å²) in [6.45, 7) is 13.2. The van der Waals surface area contributed by atoms with Crippen molar-refractivity contribution in [3.8, 4) is 0 Å². The number of piperidine rings is 1. The summed E-state index contributed by atoms with van der Waals surface area (Å²) in [7, 11) is 0. The number of carbonyl (C=O) groups is 4. The lowest BCUT2D eigenvalue weighted by Gasteiger charge is -2.29. The number of imide groups is 1. The van der Waals surface area contributed by atoms with E-state index in [-0.39, 0.29) is 18.2 Å². The lowest BCUT2D eigenvalue weighted by atomic mass is 9.95. The van der Waals surface area contributed by atoms with Gasteiger partial charge < -0.3 is 15.0 Å². The maximum absolute atomic E-state index is 13.0. The number of fused-ring (bicyclic) bond motifs is 1. The molecule has 174 valence electrons. The highest BCUT2D eigenvalue weighted by atomic mass is 16.6. The van der Waals surface area contributed by atoms with E-state index in [4.69, 9.17) is 4.74 Å². The Morgan fingerprint density at radius 3 is 2.73 bits per heavy atom. The number of alkyl carbamates (subject to hydrolysis) is 1. The number of hydrogen-bond acceptors (Lipinski definition) is 5. The Morgan fingerprint density at radius 2 is 2.06 bits per heavy atom. The summed E-state index contributed by atoms with van der Waals surface area (Å²) >= 11 is 0. The predicted octanol–water partition coefficient (Wildman–Crippen LogP) is 3.31. The molecule has 8 heteroatoms. The summed E-state index contributed by atoms with van der Waals surface area (Å²) in [5.41, 5.74) is 1.87. The maximum atomic E-state index is 13.0. The molecule has 0 aliphatic carbocycles. The average molecular weight is 452 g/mol. The van der Waals surface area contributed by atoms with E-state index in [9.17, 15) is 19.2 Å². The van der Waals surface area contributed by atoms with E-state index in [1.807, 2.05) is 13.8 Å². The van der Waals surface area contributed by atoms with Crippen LogP contribution >= 0.6 is 0 Å². The molecule has 0 saturated carbocycles. The van der Waals surface area contributed by atoms with E-state index >= 15 is 0 Å². The monoisotopic (exact) mass is 451 g/mol. The Morgan fingerprint density at radius 1 is 1.33 bits per heavy atom. The highest BCUT2D eigenvalue weighted by Crippen LogP contribution is 2.30. The highest BCUT2D eigenvalue weighted by molar-refractivity contribution is 6.05. The van der Waals surface area contributed by atoms with Gasteiger partial charge >= 0.3 is 6.09 Å². The topological polar surface area (TPSA) is 105 Å². The molecule has 3 rings (SSSR count). The van der Waals surface area contributed by atoms with Crippen LogP contribution in [0.2, 0.25) is 0 Å². The van der Waals surface area contributed by atoms with Crippen molar-refractivity contribution >= 4 is 23.8 Å². The van der Waals surface area contributed by atoms with Gasteiger partial charge in [0.1, 0.15) is 12.1 Å². The molecule has 8 nitrogen and oxygen atoms in total. The van der Waals surface area contributed by atoms with Gasteiger partial charge in [0.25, 0.3) is 5.91 Å². The largest absolute Gasteiger partial charge is 0.442 e. The number of hydrogen-bond donors (Lipinski definition) is 2. The van der Waals surface area contributed by atoms with Gasteiger partial charge in [-0.15, -0.1) is 0 Å². The molecule has 0 spiro atoms. The van der Waals surface area contributed by atoms with E-state index in [2.05, 4.69) is 23.8 Å². The van der Waals surface area contributed by atoms with Gasteiger partial charge in [-0.25, -0.2) is 4.79 Å². The Labute approximate surface area is 193 Å².